The van der Waals surface area contributed by atoms with Crippen molar-refractivity contribution in [2.45, 2.75) is 20.1 Å². The van der Waals surface area contributed by atoms with E-state index >= 15 is 0 Å². The van der Waals surface area contributed by atoms with Crippen LogP contribution in [0, 0.1) is 6.92 Å². The van der Waals surface area contributed by atoms with Gasteiger partial charge in [-0.15, -0.1) is 10.2 Å². The maximum Gasteiger partial charge on any atom is 0.387 e. The molecule has 0 atom stereocenters. The van der Waals surface area contributed by atoms with Gasteiger partial charge in [-0.1, -0.05) is 29.0 Å². The largest absolute Gasteiger partial charge is 0.433 e. The van der Waals surface area contributed by atoms with Gasteiger partial charge in [-0.25, -0.2) is 0 Å². The number of fused-ring (bicyclic) bond motifs is 1. The summed E-state index contributed by atoms with van der Waals surface area (Å²) in [6.45, 7) is -0.586. The fourth-order valence-corrected chi connectivity index (χ4v) is 3.49. The molecule has 0 radical (unpaired) electrons. The van der Waals surface area contributed by atoms with Crippen molar-refractivity contribution in [3.8, 4) is 16.9 Å². The third kappa shape index (κ3) is 3.74. The Labute approximate surface area is 161 Å². The van der Waals surface area contributed by atoms with Gasteiger partial charge in [-0.2, -0.15) is 13.9 Å². The molecule has 10 heteroatoms. The van der Waals surface area contributed by atoms with Crippen LogP contribution >= 0.6 is 22.9 Å². The first-order chi connectivity index (χ1) is 13.0. The summed E-state index contributed by atoms with van der Waals surface area (Å²) in [6.07, 6.45) is 3.32. The van der Waals surface area contributed by atoms with Gasteiger partial charge in [0, 0.05) is 11.8 Å². The Morgan fingerprint density at radius 2 is 2.04 bits per heavy atom. The number of nitrogens with zero attached hydrogens (tertiary/aromatic N) is 5. The van der Waals surface area contributed by atoms with Gasteiger partial charge in [0.05, 0.1) is 23.3 Å². The number of aryl methyl sites for hydroxylation is 1. The van der Waals surface area contributed by atoms with E-state index < -0.39 is 6.61 Å². The van der Waals surface area contributed by atoms with Crippen LogP contribution in [0.25, 0.3) is 22.2 Å². The molecule has 6 nitrogen and oxygen atoms in total. The highest BCUT2D eigenvalue weighted by molar-refractivity contribution is 7.11. The van der Waals surface area contributed by atoms with Crippen molar-refractivity contribution in [1.82, 2.24) is 25.0 Å². The number of ether oxygens (including phenoxy) is 1. The highest BCUT2D eigenvalue weighted by Crippen LogP contribution is 2.32. The van der Waals surface area contributed by atoms with Gasteiger partial charge in [0.1, 0.15) is 21.3 Å². The number of pyridine rings is 1. The molecule has 0 saturated heterocycles. The van der Waals surface area contributed by atoms with Crippen LogP contribution in [-0.4, -0.2) is 31.6 Å². The summed E-state index contributed by atoms with van der Waals surface area (Å²) in [7, 11) is 0. The summed E-state index contributed by atoms with van der Waals surface area (Å²) in [5, 5.41) is 14.3. The average Bonchev–Trinajstić information content (AvgIpc) is 3.23. The summed E-state index contributed by atoms with van der Waals surface area (Å²) >= 11 is 7.42. The van der Waals surface area contributed by atoms with E-state index in [9.17, 15) is 8.78 Å². The summed E-state index contributed by atoms with van der Waals surface area (Å²) in [5.74, 6) is -0.0814. The highest BCUT2D eigenvalue weighted by atomic mass is 35.5. The predicted molar refractivity (Wildman–Crippen MR) is 98.4 cm³/mol. The quantitative estimate of drug-likeness (QED) is 0.485. The Morgan fingerprint density at radius 1 is 1.19 bits per heavy atom. The Kier molecular flexibility index (Phi) is 4.71. The molecule has 1 aromatic carbocycles. The molecule has 0 amide bonds. The first kappa shape index (κ1) is 17.7. The van der Waals surface area contributed by atoms with Gasteiger partial charge in [-0.3, -0.25) is 9.67 Å². The molecule has 0 unspecified atom stereocenters. The Hall–Kier alpha value is -2.65. The first-order valence-electron chi connectivity index (χ1n) is 7.85. The summed E-state index contributed by atoms with van der Waals surface area (Å²) < 4.78 is 31.3. The average molecular weight is 408 g/mol. The number of rotatable bonds is 5. The maximum absolute atomic E-state index is 12.5. The minimum atomic E-state index is -2.95. The van der Waals surface area contributed by atoms with Crippen LogP contribution in [0.3, 0.4) is 0 Å². The summed E-state index contributed by atoms with van der Waals surface area (Å²) in [5.41, 5.74) is 2.90. The van der Waals surface area contributed by atoms with Crippen molar-refractivity contribution in [1.29, 1.82) is 0 Å². The normalized spacial score (nSPS) is 11.4. The van der Waals surface area contributed by atoms with Crippen LogP contribution in [-0.2, 0) is 6.54 Å². The highest BCUT2D eigenvalue weighted by Gasteiger charge is 2.13. The molecule has 0 saturated carbocycles. The van der Waals surface area contributed by atoms with Gasteiger partial charge in [-0.05, 0) is 30.7 Å². The number of hydrogen-bond donors (Lipinski definition) is 0. The van der Waals surface area contributed by atoms with E-state index in [1.807, 2.05) is 13.0 Å². The Bertz CT molecular complexity index is 1110. The number of hydrogen-bond acceptors (Lipinski definition) is 6. The standard InChI is InChI=1S/C17H12ClF2N5OS/c1-9-23-24-16(27-9)8-25-14-4-11(6-21-13(14)7-22-25)10-2-3-12(18)15(5-10)26-17(19)20/h2-7,17H,8H2,1H3. The lowest BCUT2D eigenvalue weighted by atomic mass is 10.1. The summed E-state index contributed by atoms with van der Waals surface area (Å²) in [4.78, 5) is 4.40. The Balaban J connectivity index is 1.72. The van der Waals surface area contributed by atoms with E-state index in [2.05, 4.69) is 25.0 Å². The molecule has 3 aromatic heterocycles. The van der Waals surface area contributed by atoms with Crippen LogP contribution in [0.2, 0.25) is 5.02 Å². The second-order valence-electron chi connectivity index (χ2n) is 5.67. The van der Waals surface area contributed by atoms with Gasteiger partial charge in [0.2, 0.25) is 0 Å². The SMILES string of the molecule is Cc1nnc(Cn2ncc3ncc(-c4ccc(Cl)c(OC(F)F)c4)cc32)s1. The van der Waals surface area contributed by atoms with E-state index in [0.717, 1.165) is 26.6 Å². The van der Waals surface area contributed by atoms with E-state index in [0.29, 0.717) is 12.1 Å². The molecule has 0 bridgehead atoms. The van der Waals surface area contributed by atoms with Crippen molar-refractivity contribution in [3.63, 3.8) is 0 Å². The van der Waals surface area contributed by atoms with Crippen molar-refractivity contribution in [2.75, 3.05) is 0 Å². The molecule has 4 aromatic rings. The lowest BCUT2D eigenvalue weighted by Gasteiger charge is -2.09. The van der Waals surface area contributed by atoms with E-state index in [1.54, 1.807) is 23.1 Å². The smallest absolute Gasteiger partial charge is 0.387 e. The van der Waals surface area contributed by atoms with E-state index in [4.69, 9.17) is 11.6 Å². The maximum atomic E-state index is 12.5. The predicted octanol–water partition coefficient (Wildman–Crippen LogP) is 4.56. The molecule has 138 valence electrons. The van der Waals surface area contributed by atoms with Crippen LogP contribution in [0.5, 0.6) is 5.75 Å². The van der Waals surface area contributed by atoms with Crippen LogP contribution in [0.1, 0.15) is 10.0 Å². The monoisotopic (exact) mass is 407 g/mol. The molecular formula is C17H12ClF2N5OS. The number of alkyl halides is 2. The third-order valence-electron chi connectivity index (χ3n) is 3.83. The number of halogens is 3. The van der Waals surface area contributed by atoms with Crippen LogP contribution in [0.15, 0.2) is 36.7 Å². The zero-order valence-corrected chi connectivity index (χ0v) is 15.5. The topological polar surface area (TPSA) is 65.7 Å². The van der Waals surface area contributed by atoms with Gasteiger partial charge >= 0.3 is 6.61 Å². The second kappa shape index (κ2) is 7.16. The van der Waals surface area contributed by atoms with Crippen molar-refractivity contribution in [3.05, 3.63) is 51.7 Å². The fraction of sp³-hybridized carbons (Fsp3) is 0.176. The molecule has 3 heterocycles. The second-order valence-corrected chi connectivity index (χ2v) is 7.34. The molecule has 0 spiro atoms. The molecule has 27 heavy (non-hydrogen) atoms. The fourth-order valence-electron chi connectivity index (χ4n) is 2.64. The molecule has 0 fully saturated rings. The zero-order valence-electron chi connectivity index (χ0n) is 13.9. The zero-order chi connectivity index (χ0) is 19.0. The van der Waals surface area contributed by atoms with Crippen LogP contribution in [0.4, 0.5) is 8.78 Å². The van der Waals surface area contributed by atoms with Crippen molar-refractivity contribution in [2.24, 2.45) is 0 Å². The van der Waals surface area contributed by atoms with Gasteiger partial charge in [0.15, 0.2) is 0 Å². The van der Waals surface area contributed by atoms with Gasteiger partial charge < -0.3 is 4.74 Å². The van der Waals surface area contributed by atoms with Crippen LogP contribution < -0.4 is 4.74 Å². The molecule has 0 aliphatic heterocycles. The van der Waals surface area contributed by atoms with E-state index in [1.165, 1.54) is 23.5 Å². The lowest BCUT2D eigenvalue weighted by molar-refractivity contribution is -0.0497. The van der Waals surface area contributed by atoms with E-state index in [-0.39, 0.29) is 10.8 Å². The molecule has 4 rings (SSSR count). The molecular weight excluding hydrogens is 396 g/mol. The first-order valence-corrected chi connectivity index (χ1v) is 9.04. The minimum Gasteiger partial charge on any atom is -0.433 e. The van der Waals surface area contributed by atoms with Crippen molar-refractivity contribution < 1.29 is 13.5 Å². The molecule has 0 aliphatic carbocycles. The lowest BCUT2D eigenvalue weighted by Crippen LogP contribution is -2.02. The minimum absolute atomic E-state index is 0.0814. The van der Waals surface area contributed by atoms with Gasteiger partial charge in [0.25, 0.3) is 0 Å². The number of aromatic nitrogens is 5. The molecule has 0 aliphatic rings. The third-order valence-corrected chi connectivity index (χ3v) is 4.96. The Morgan fingerprint density at radius 3 is 2.78 bits per heavy atom. The van der Waals surface area contributed by atoms with Crippen molar-refractivity contribution >= 4 is 34.0 Å². The summed E-state index contributed by atoms with van der Waals surface area (Å²) in [6, 6.07) is 6.59. The molecule has 0 N–H and O–H groups in total. The number of benzene rings is 1.